The van der Waals surface area contributed by atoms with Gasteiger partial charge in [0.2, 0.25) is 0 Å². The second kappa shape index (κ2) is 13.5. The quantitative estimate of drug-likeness (QED) is 0.311. The third-order valence-electron chi connectivity index (χ3n) is 4.15. The molecule has 0 fully saturated rings. The van der Waals surface area contributed by atoms with Crippen LogP contribution in [0.5, 0.6) is 5.75 Å². The number of hydrogen-bond donors (Lipinski definition) is 2. The number of alkyl halides is 2. The van der Waals surface area contributed by atoms with Crippen LogP contribution in [0.4, 0.5) is 8.78 Å². The fourth-order valence-electron chi connectivity index (χ4n) is 2.73. The van der Waals surface area contributed by atoms with Crippen molar-refractivity contribution in [1.29, 1.82) is 0 Å². The summed E-state index contributed by atoms with van der Waals surface area (Å²) in [7, 11) is 1.65. The summed E-state index contributed by atoms with van der Waals surface area (Å²) in [5.74, 6) is 0.702. The zero-order valence-electron chi connectivity index (χ0n) is 17.4. The van der Waals surface area contributed by atoms with Crippen molar-refractivity contribution in [3.05, 3.63) is 65.2 Å². The monoisotopic (exact) mass is 421 g/mol. The maximum absolute atomic E-state index is 12.5. The van der Waals surface area contributed by atoms with E-state index in [9.17, 15) is 8.78 Å². The fraction of sp³-hybridized carbons (Fsp3) is 0.409. The van der Waals surface area contributed by atoms with Crippen LogP contribution in [0.15, 0.2) is 53.5 Å². The molecular weight excluding hydrogens is 392 g/mol. The number of nitrogens with one attached hydrogen (secondary N) is 2. The van der Waals surface area contributed by atoms with Gasteiger partial charge in [-0.15, -0.1) is 0 Å². The molecule has 0 radical (unpaired) electrons. The minimum Gasteiger partial charge on any atom is -0.434 e. The van der Waals surface area contributed by atoms with E-state index in [0.717, 1.165) is 11.1 Å². The topological polar surface area (TPSA) is 64.1 Å². The predicted octanol–water partition coefficient (Wildman–Crippen LogP) is 3.71. The van der Waals surface area contributed by atoms with Crippen molar-refractivity contribution in [2.45, 2.75) is 33.2 Å². The predicted molar refractivity (Wildman–Crippen MR) is 113 cm³/mol. The largest absolute Gasteiger partial charge is 0.434 e. The molecular formula is C22H29F2N3O3. The number of rotatable bonds is 12. The summed E-state index contributed by atoms with van der Waals surface area (Å²) in [6.07, 6.45) is 0. The number of halogens is 2. The molecule has 8 heteroatoms. The lowest BCUT2D eigenvalue weighted by molar-refractivity contribution is -0.0504. The van der Waals surface area contributed by atoms with Crippen molar-refractivity contribution < 1.29 is 23.0 Å². The number of benzene rings is 2. The van der Waals surface area contributed by atoms with E-state index in [0.29, 0.717) is 51.0 Å². The first-order valence-electron chi connectivity index (χ1n) is 9.83. The van der Waals surface area contributed by atoms with Crippen LogP contribution in [-0.2, 0) is 29.2 Å². The van der Waals surface area contributed by atoms with E-state index < -0.39 is 6.61 Å². The maximum Gasteiger partial charge on any atom is 0.387 e. The highest BCUT2D eigenvalue weighted by Crippen LogP contribution is 2.19. The highest BCUT2D eigenvalue weighted by molar-refractivity contribution is 5.79. The van der Waals surface area contributed by atoms with Crippen molar-refractivity contribution in [2.75, 3.05) is 26.9 Å². The maximum atomic E-state index is 12.5. The molecule has 164 valence electrons. The molecule has 0 atom stereocenters. The highest BCUT2D eigenvalue weighted by Gasteiger charge is 2.09. The Kier molecular flexibility index (Phi) is 10.6. The van der Waals surface area contributed by atoms with Gasteiger partial charge in [0.1, 0.15) is 5.75 Å². The molecule has 2 aromatic carbocycles. The van der Waals surface area contributed by atoms with Gasteiger partial charge in [0.05, 0.1) is 19.8 Å². The Morgan fingerprint density at radius 2 is 1.70 bits per heavy atom. The molecule has 30 heavy (non-hydrogen) atoms. The second-order valence-corrected chi connectivity index (χ2v) is 6.34. The Hall–Kier alpha value is -2.71. The van der Waals surface area contributed by atoms with Gasteiger partial charge in [-0.2, -0.15) is 8.78 Å². The molecule has 0 saturated heterocycles. The van der Waals surface area contributed by atoms with Gasteiger partial charge in [0.25, 0.3) is 0 Å². The smallest absolute Gasteiger partial charge is 0.387 e. The van der Waals surface area contributed by atoms with E-state index in [1.54, 1.807) is 25.2 Å². The molecule has 0 aliphatic rings. The van der Waals surface area contributed by atoms with Gasteiger partial charge in [0, 0.05) is 32.3 Å². The number of ether oxygens (including phenoxy) is 3. The molecule has 0 aliphatic heterocycles. The summed E-state index contributed by atoms with van der Waals surface area (Å²) in [5, 5.41) is 6.33. The summed E-state index contributed by atoms with van der Waals surface area (Å²) < 4.78 is 40.5. The first kappa shape index (κ1) is 23.6. The Labute approximate surface area is 176 Å². The number of guanidine groups is 1. The molecule has 0 heterocycles. The van der Waals surface area contributed by atoms with E-state index >= 15 is 0 Å². The van der Waals surface area contributed by atoms with Gasteiger partial charge < -0.3 is 24.8 Å². The molecule has 0 aromatic heterocycles. The van der Waals surface area contributed by atoms with Crippen LogP contribution < -0.4 is 15.4 Å². The summed E-state index contributed by atoms with van der Waals surface area (Å²) in [6, 6.07) is 14.7. The lowest BCUT2D eigenvalue weighted by Crippen LogP contribution is -2.36. The fourth-order valence-corrected chi connectivity index (χ4v) is 2.73. The molecule has 0 unspecified atom stereocenters. The summed E-state index contributed by atoms with van der Waals surface area (Å²) in [6.45, 7) is 2.31. The molecule has 0 saturated carbocycles. The van der Waals surface area contributed by atoms with Crippen LogP contribution in [0.2, 0.25) is 0 Å². The Morgan fingerprint density at radius 3 is 2.47 bits per heavy atom. The zero-order chi connectivity index (χ0) is 21.6. The van der Waals surface area contributed by atoms with Gasteiger partial charge in [0.15, 0.2) is 5.96 Å². The minimum absolute atomic E-state index is 0.146. The van der Waals surface area contributed by atoms with E-state index in [1.165, 1.54) is 6.07 Å². The van der Waals surface area contributed by atoms with Crippen LogP contribution in [0.3, 0.4) is 0 Å². The molecule has 0 aliphatic carbocycles. The third-order valence-corrected chi connectivity index (χ3v) is 4.15. The van der Waals surface area contributed by atoms with Crippen molar-refractivity contribution >= 4 is 5.96 Å². The normalized spacial score (nSPS) is 11.6. The molecule has 0 bridgehead atoms. The number of nitrogens with zero attached hydrogens (tertiary/aromatic N) is 1. The van der Waals surface area contributed by atoms with E-state index in [-0.39, 0.29) is 5.75 Å². The number of para-hydroxylation sites is 1. The Morgan fingerprint density at radius 1 is 0.967 bits per heavy atom. The Balaban J connectivity index is 1.83. The lowest BCUT2D eigenvalue weighted by Gasteiger charge is -2.15. The van der Waals surface area contributed by atoms with Crippen molar-refractivity contribution in [3.63, 3.8) is 0 Å². The van der Waals surface area contributed by atoms with Gasteiger partial charge in [-0.05, 0) is 24.1 Å². The molecule has 0 amide bonds. The van der Waals surface area contributed by atoms with Gasteiger partial charge in [-0.3, -0.25) is 4.99 Å². The average Bonchev–Trinajstić information content (AvgIpc) is 2.74. The lowest BCUT2D eigenvalue weighted by atomic mass is 10.1. The highest BCUT2D eigenvalue weighted by atomic mass is 19.3. The molecule has 2 N–H and O–H groups in total. The standard InChI is InChI=1S/C22H29F2N3O3/c1-3-28-11-12-29-16-18-8-6-7-17(13-18)14-26-22(25-2)27-15-19-9-4-5-10-20(19)30-21(23)24/h4-10,13,21H,3,11-12,14-16H2,1-2H3,(H2,25,26,27). The summed E-state index contributed by atoms with van der Waals surface area (Å²) >= 11 is 0. The number of hydrogen-bond acceptors (Lipinski definition) is 4. The summed E-state index contributed by atoms with van der Waals surface area (Å²) in [5.41, 5.74) is 2.77. The van der Waals surface area contributed by atoms with Crippen LogP contribution in [0.1, 0.15) is 23.6 Å². The van der Waals surface area contributed by atoms with Crippen molar-refractivity contribution in [3.8, 4) is 5.75 Å². The number of aliphatic imine (C=N–C) groups is 1. The molecule has 0 spiro atoms. The van der Waals surface area contributed by atoms with E-state index in [2.05, 4.69) is 26.4 Å². The Bertz CT molecular complexity index is 788. The summed E-state index contributed by atoms with van der Waals surface area (Å²) in [4.78, 5) is 4.18. The van der Waals surface area contributed by atoms with Gasteiger partial charge >= 0.3 is 6.61 Å². The molecule has 2 aromatic rings. The van der Waals surface area contributed by atoms with Crippen molar-refractivity contribution in [2.24, 2.45) is 4.99 Å². The van der Waals surface area contributed by atoms with E-state index in [1.807, 2.05) is 25.1 Å². The molecule has 6 nitrogen and oxygen atoms in total. The third kappa shape index (κ3) is 8.75. The van der Waals surface area contributed by atoms with E-state index in [4.69, 9.17) is 9.47 Å². The van der Waals surface area contributed by atoms with Gasteiger partial charge in [-0.25, -0.2) is 0 Å². The first-order chi connectivity index (χ1) is 14.6. The van der Waals surface area contributed by atoms with Crippen LogP contribution in [0, 0.1) is 0 Å². The van der Waals surface area contributed by atoms with Gasteiger partial charge in [-0.1, -0.05) is 42.5 Å². The van der Waals surface area contributed by atoms with Crippen LogP contribution in [0.25, 0.3) is 0 Å². The average molecular weight is 421 g/mol. The second-order valence-electron chi connectivity index (χ2n) is 6.34. The zero-order valence-corrected chi connectivity index (χ0v) is 17.4. The van der Waals surface area contributed by atoms with Crippen LogP contribution in [-0.4, -0.2) is 39.4 Å². The molecule has 2 rings (SSSR count). The van der Waals surface area contributed by atoms with Crippen molar-refractivity contribution in [1.82, 2.24) is 10.6 Å². The SMILES string of the molecule is CCOCCOCc1cccc(CNC(=NC)NCc2ccccc2OC(F)F)c1. The minimum atomic E-state index is -2.86. The van der Waals surface area contributed by atoms with Crippen LogP contribution >= 0.6 is 0 Å². The first-order valence-corrected chi connectivity index (χ1v) is 9.83.